The number of carboxylic acid groups (broad SMARTS) is 1. The van der Waals surface area contributed by atoms with Gasteiger partial charge in [-0.1, -0.05) is 0 Å². The molecule has 212 valence electrons. The predicted molar refractivity (Wildman–Crippen MR) is 140 cm³/mol. The van der Waals surface area contributed by atoms with Crippen molar-refractivity contribution in [2.75, 3.05) is 18.8 Å². The second-order valence-corrected chi connectivity index (χ2v) is 9.07. The summed E-state index contributed by atoms with van der Waals surface area (Å²) in [7, 11) is 0. The van der Waals surface area contributed by atoms with Crippen LogP contribution in [0.2, 0.25) is 0 Å². The zero-order chi connectivity index (χ0) is 29.1. The van der Waals surface area contributed by atoms with Crippen molar-refractivity contribution in [3.05, 3.63) is 55.4 Å². The van der Waals surface area contributed by atoms with Gasteiger partial charge in [-0.2, -0.15) is 18.3 Å². The molecule has 5 aromatic rings. The van der Waals surface area contributed by atoms with Crippen LogP contribution in [0.5, 0.6) is 5.75 Å². The summed E-state index contributed by atoms with van der Waals surface area (Å²) < 4.78 is 39.9. The number of fused-ring (bicyclic) bond motifs is 1. The lowest BCUT2D eigenvalue weighted by Crippen LogP contribution is -2.29. The highest BCUT2D eigenvalue weighted by molar-refractivity contribution is 5.94. The van der Waals surface area contributed by atoms with Gasteiger partial charge in [-0.15, -0.1) is 0 Å². The third kappa shape index (κ3) is 5.94. The fraction of sp³-hybridized carbons (Fsp3) is 0.231. The van der Waals surface area contributed by atoms with Crippen LogP contribution >= 0.6 is 0 Å². The Kier molecular flexibility index (Phi) is 7.52. The van der Waals surface area contributed by atoms with E-state index in [1.807, 2.05) is 23.1 Å². The summed E-state index contributed by atoms with van der Waals surface area (Å²) >= 11 is 0. The topological polar surface area (TPSA) is 178 Å². The molecule has 1 aliphatic heterocycles. The number of hydrogen-bond acceptors (Lipinski definition) is 10. The molecule has 4 aromatic heterocycles. The van der Waals surface area contributed by atoms with Gasteiger partial charge in [0.25, 0.3) is 0 Å². The average molecular weight is 569 g/mol. The van der Waals surface area contributed by atoms with E-state index < -0.39 is 12.1 Å². The maximum Gasteiger partial charge on any atom is 0.490 e. The van der Waals surface area contributed by atoms with Crippen LogP contribution in [-0.2, 0) is 4.79 Å². The zero-order valence-electron chi connectivity index (χ0n) is 21.2. The molecule has 0 spiro atoms. The van der Waals surface area contributed by atoms with E-state index in [-0.39, 0.29) is 5.75 Å². The first-order valence-corrected chi connectivity index (χ1v) is 12.3. The van der Waals surface area contributed by atoms with Gasteiger partial charge in [0.15, 0.2) is 5.58 Å². The van der Waals surface area contributed by atoms with Crippen LogP contribution in [0.1, 0.15) is 18.9 Å². The second kappa shape index (κ2) is 11.2. The van der Waals surface area contributed by atoms with Crippen LogP contribution in [0.3, 0.4) is 0 Å². The number of carboxylic acids is 1. The number of phenolic OH excluding ortho intramolecular Hbond substituents is 1. The highest BCUT2D eigenvalue weighted by Crippen LogP contribution is 2.38. The second-order valence-electron chi connectivity index (χ2n) is 9.07. The van der Waals surface area contributed by atoms with E-state index in [1.165, 1.54) is 0 Å². The molecule has 0 atom stereocenters. The summed E-state index contributed by atoms with van der Waals surface area (Å²) in [6, 6.07) is 5.54. The van der Waals surface area contributed by atoms with Crippen molar-refractivity contribution in [2.45, 2.75) is 25.1 Å². The molecule has 1 fully saturated rings. The molecule has 1 aromatic carbocycles. The number of anilines is 1. The molecule has 5 N–H and O–H groups in total. The molecule has 0 unspecified atom stereocenters. The molecule has 15 heteroatoms. The number of aromatic hydroxyl groups is 1. The normalized spacial score (nSPS) is 14.0. The number of oxazole rings is 1. The summed E-state index contributed by atoms with van der Waals surface area (Å²) in [5, 5.41) is 25.6. The van der Waals surface area contributed by atoms with Crippen LogP contribution in [0.4, 0.5) is 19.0 Å². The minimum Gasteiger partial charge on any atom is -0.507 e. The number of alkyl halides is 3. The number of rotatable bonds is 4. The van der Waals surface area contributed by atoms with Gasteiger partial charge < -0.3 is 25.7 Å². The van der Waals surface area contributed by atoms with E-state index in [0.29, 0.717) is 45.7 Å². The molecule has 0 radical (unpaired) electrons. The van der Waals surface area contributed by atoms with Gasteiger partial charge in [-0.3, -0.25) is 14.6 Å². The average Bonchev–Trinajstić information content (AvgIpc) is 3.62. The lowest BCUT2D eigenvalue weighted by Gasteiger charge is -2.22. The summed E-state index contributed by atoms with van der Waals surface area (Å²) in [6.07, 6.45) is 7.32. The first-order chi connectivity index (χ1) is 19.6. The number of aromatic nitrogens is 6. The monoisotopic (exact) mass is 568 g/mol. The summed E-state index contributed by atoms with van der Waals surface area (Å²) in [6.45, 7) is 1.99. The minimum absolute atomic E-state index is 0.0286. The number of aliphatic carboxylic acids is 1. The molecule has 0 bridgehead atoms. The Morgan fingerprint density at radius 3 is 2.54 bits per heavy atom. The molecular formula is C26H23F3N8O4. The molecule has 0 aliphatic carbocycles. The third-order valence-corrected chi connectivity index (χ3v) is 6.36. The third-order valence-electron chi connectivity index (χ3n) is 6.36. The van der Waals surface area contributed by atoms with Gasteiger partial charge in [-0.05, 0) is 44.1 Å². The quantitative estimate of drug-likeness (QED) is 0.246. The van der Waals surface area contributed by atoms with E-state index in [1.54, 1.807) is 36.9 Å². The van der Waals surface area contributed by atoms with Crippen molar-refractivity contribution in [3.8, 4) is 39.6 Å². The van der Waals surface area contributed by atoms with Crippen molar-refractivity contribution in [1.82, 2.24) is 35.0 Å². The number of halogens is 3. The van der Waals surface area contributed by atoms with E-state index in [9.17, 15) is 18.3 Å². The van der Waals surface area contributed by atoms with Crippen molar-refractivity contribution in [1.29, 1.82) is 0 Å². The Hall–Kier alpha value is -5.05. The molecule has 0 amide bonds. The van der Waals surface area contributed by atoms with E-state index in [2.05, 4.69) is 30.4 Å². The smallest absolute Gasteiger partial charge is 0.490 e. The minimum atomic E-state index is -5.08. The number of nitrogens with zero attached hydrogens (tertiary/aromatic N) is 6. The van der Waals surface area contributed by atoms with Crippen LogP contribution in [0.25, 0.3) is 44.9 Å². The number of phenols is 1. The van der Waals surface area contributed by atoms with Crippen molar-refractivity contribution in [3.63, 3.8) is 0 Å². The number of carbonyl (C=O) groups is 1. The van der Waals surface area contributed by atoms with Gasteiger partial charge in [0.2, 0.25) is 5.89 Å². The Labute approximate surface area is 229 Å². The number of piperidine rings is 1. The molecule has 5 heterocycles. The van der Waals surface area contributed by atoms with Crippen molar-refractivity contribution < 1.29 is 32.6 Å². The lowest BCUT2D eigenvalue weighted by atomic mass is 10.1. The molecule has 0 saturated carbocycles. The number of nitrogen functional groups attached to an aromatic ring is 1. The highest BCUT2D eigenvalue weighted by atomic mass is 19.4. The first kappa shape index (κ1) is 27.5. The fourth-order valence-electron chi connectivity index (χ4n) is 4.33. The van der Waals surface area contributed by atoms with Gasteiger partial charge in [0.05, 0.1) is 35.3 Å². The van der Waals surface area contributed by atoms with Crippen LogP contribution in [-0.4, -0.2) is 65.2 Å². The fourth-order valence-corrected chi connectivity index (χ4v) is 4.33. The maximum absolute atomic E-state index is 10.6. The maximum atomic E-state index is 10.6. The van der Waals surface area contributed by atoms with E-state index in [4.69, 9.17) is 20.1 Å². The van der Waals surface area contributed by atoms with Crippen LogP contribution < -0.4 is 11.1 Å². The van der Waals surface area contributed by atoms with Gasteiger partial charge in [0, 0.05) is 35.9 Å². The number of pyridine rings is 1. The summed E-state index contributed by atoms with van der Waals surface area (Å²) in [4.78, 5) is 26.3. The SMILES string of the molecule is Nc1ncc(-c2cnn(C3CCNCC3)c2)cc1-c1nc2ccc(O)c(-c3cnccn3)c2o1.O=C(O)C(F)(F)F. The van der Waals surface area contributed by atoms with Crippen LogP contribution in [0.15, 0.2) is 59.8 Å². The zero-order valence-corrected chi connectivity index (χ0v) is 21.2. The lowest BCUT2D eigenvalue weighted by molar-refractivity contribution is -0.192. The molecule has 41 heavy (non-hydrogen) atoms. The molecule has 12 nitrogen and oxygen atoms in total. The molecule has 1 aliphatic rings. The van der Waals surface area contributed by atoms with Gasteiger partial charge in [-0.25, -0.2) is 14.8 Å². The standard InChI is InChI=1S/C24H22N8O2.C2HF3O2/c25-23-17(9-14(10-29-23)15-11-30-32(13-15)16-3-5-26-6-4-16)24-31-18-1-2-20(33)21(22(18)34-24)19-12-27-7-8-28-19;3-2(4,5)1(6)7/h1-2,7-13,16,26,33H,3-6H2,(H2,25,29);(H,6,7). The highest BCUT2D eigenvalue weighted by Gasteiger charge is 2.38. The van der Waals surface area contributed by atoms with Gasteiger partial charge in [0.1, 0.15) is 17.1 Å². The van der Waals surface area contributed by atoms with Crippen molar-refractivity contribution in [2.24, 2.45) is 0 Å². The van der Waals surface area contributed by atoms with E-state index in [0.717, 1.165) is 37.1 Å². The largest absolute Gasteiger partial charge is 0.507 e. The number of nitrogens with one attached hydrogen (secondary N) is 1. The molecule has 6 rings (SSSR count). The van der Waals surface area contributed by atoms with Gasteiger partial charge >= 0.3 is 12.1 Å². The number of benzene rings is 1. The van der Waals surface area contributed by atoms with E-state index >= 15 is 0 Å². The predicted octanol–water partition coefficient (Wildman–Crippen LogP) is 4.06. The Morgan fingerprint density at radius 1 is 1.10 bits per heavy atom. The Morgan fingerprint density at radius 2 is 1.85 bits per heavy atom. The Balaban J connectivity index is 0.000000431. The molecular weight excluding hydrogens is 545 g/mol. The first-order valence-electron chi connectivity index (χ1n) is 12.3. The van der Waals surface area contributed by atoms with Crippen molar-refractivity contribution >= 4 is 22.9 Å². The number of nitrogens with two attached hydrogens (primary N) is 1. The summed E-state index contributed by atoms with van der Waals surface area (Å²) in [5.41, 5.74) is 10.5. The number of hydrogen-bond donors (Lipinski definition) is 4. The molecule has 1 saturated heterocycles. The summed E-state index contributed by atoms with van der Waals surface area (Å²) in [5.74, 6) is -2.12. The Bertz CT molecular complexity index is 1680. The van der Waals surface area contributed by atoms with Crippen LogP contribution in [0, 0.1) is 0 Å².